The van der Waals surface area contributed by atoms with Gasteiger partial charge in [-0.2, -0.15) is 0 Å². The molecule has 2 unspecified atom stereocenters. The Morgan fingerprint density at radius 2 is 2.05 bits per heavy atom. The maximum atomic E-state index is 12.2. The van der Waals surface area contributed by atoms with Crippen molar-refractivity contribution in [3.63, 3.8) is 0 Å². The number of benzene rings is 1. The number of nitrogens with zero attached hydrogens (tertiary/aromatic N) is 1. The number of amides is 2. The van der Waals surface area contributed by atoms with E-state index in [0.717, 1.165) is 16.2 Å². The molecule has 2 aliphatic heterocycles. The van der Waals surface area contributed by atoms with E-state index in [1.54, 1.807) is 20.8 Å². The molecule has 0 saturated carbocycles. The van der Waals surface area contributed by atoms with Gasteiger partial charge >= 0.3 is 6.09 Å². The smallest absolute Gasteiger partial charge is 0.420 e. The molecule has 0 N–H and O–H groups in total. The number of carbonyl (C=O) groups excluding carboxylic acids is 2. The molecule has 5 heteroatoms. The highest BCUT2D eigenvalue weighted by Gasteiger charge is 2.51. The Labute approximate surface area is 117 Å². The quantitative estimate of drug-likeness (QED) is 0.730. The lowest BCUT2D eigenvalue weighted by Crippen LogP contribution is -2.44. The molecule has 0 radical (unpaired) electrons. The Kier molecular flexibility index (Phi) is 2.74. The second-order valence-corrected chi connectivity index (χ2v) is 6.10. The number of fused-ring (bicyclic) bond motifs is 3. The fraction of sp³-hybridized carbons (Fsp3) is 0.467. The van der Waals surface area contributed by atoms with Crippen LogP contribution in [-0.4, -0.2) is 28.7 Å². The van der Waals surface area contributed by atoms with Gasteiger partial charge in [0, 0.05) is 12.0 Å². The normalized spacial score (nSPS) is 24.1. The molecular weight excluding hydrogens is 258 g/mol. The first kappa shape index (κ1) is 13.0. The first-order valence-corrected chi connectivity index (χ1v) is 6.67. The number of imide groups is 1. The molecule has 1 fully saturated rings. The number of ether oxygens (including phenoxy) is 2. The summed E-state index contributed by atoms with van der Waals surface area (Å²) in [5.41, 5.74) is 0.345. The minimum absolute atomic E-state index is 0.0915. The van der Waals surface area contributed by atoms with E-state index in [1.165, 1.54) is 0 Å². The zero-order valence-corrected chi connectivity index (χ0v) is 11.8. The molecule has 2 atom stereocenters. The van der Waals surface area contributed by atoms with Crippen LogP contribution in [0.15, 0.2) is 24.3 Å². The molecule has 1 aromatic rings. The van der Waals surface area contributed by atoms with Crippen LogP contribution in [0, 0.1) is 0 Å². The van der Waals surface area contributed by atoms with E-state index in [-0.39, 0.29) is 18.2 Å². The maximum Gasteiger partial charge on any atom is 0.420 e. The fourth-order valence-electron chi connectivity index (χ4n) is 2.65. The predicted octanol–water partition coefficient (Wildman–Crippen LogP) is 2.66. The molecule has 0 spiro atoms. The minimum Gasteiger partial charge on any atom is -0.469 e. The second kappa shape index (κ2) is 4.23. The van der Waals surface area contributed by atoms with Gasteiger partial charge in [0.05, 0.1) is 5.92 Å². The van der Waals surface area contributed by atoms with Crippen LogP contribution < -0.4 is 4.74 Å². The van der Waals surface area contributed by atoms with Crippen molar-refractivity contribution in [2.75, 3.05) is 0 Å². The third kappa shape index (κ3) is 2.03. The SMILES string of the molecule is CC(C)(C)OC(=O)N1C(=O)CC2c3ccccc3OC21. The Hall–Kier alpha value is -2.04. The summed E-state index contributed by atoms with van der Waals surface area (Å²) in [4.78, 5) is 25.3. The average molecular weight is 275 g/mol. The summed E-state index contributed by atoms with van der Waals surface area (Å²) >= 11 is 0. The number of hydrogen-bond donors (Lipinski definition) is 0. The van der Waals surface area contributed by atoms with Crippen molar-refractivity contribution >= 4 is 12.0 Å². The number of carbonyl (C=O) groups is 2. The van der Waals surface area contributed by atoms with Crippen LogP contribution in [0.2, 0.25) is 0 Å². The van der Waals surface area contributed by atoms with E-state index >= 15 is 0 Å². The van der Waals surface area contributed by atoms with Gasteiger partial charge in [-0.3, -0.25) is 4.79 Å². The van der Waals surface area contributed by atoms with E-state index in [2.05, 4.69) is 0 Å². The highest BCUT2D eigenvalue weighted by molar-refractivity contribution is 5.95. The van der Waals surface area contributed by atoms with Crippen molar-refractivity contribution in [3.8, 4) is 5.75 Å². The lowest BCUT2D eigenvalue weighted by atomic mass is 9.99. The third-order valence-electron chi connectivity index (χ3n) is 3.42. The van der Waals surface area contributed by atoms with Crippen LogP contribution in [0.1, 0.15) is 38.7 Å². The van der Waals surface area contributed by atoms with E-state index in [1.807, 2.05) is 24.3 Å². The van der Waals surface area contributed by atoms with Crippen molar-refractivity contribution in [2.24, 2.45) is 0 Å². The molecule has 1 saturated heterocycles. The number of rotatable bonds is 0. The van der Waals surface area contributed by atoms with E-state index < -0.39 is 17.9 Å². The highest BCUT2D eigenvalue weighted by Crippen LogP contribution is 2.45. The molecule has 3 rings (SSSR count). The molecule has 2 amide bonds. The summed E-state index contributed by atoms with van der Waals surface area (Å²) in [5.74, 6) is 0.401. The fourth-order valence-corrected chi connectivity index (χ4v) is 2.65. The standard InChI is InChI=1S/C15H17NO4/c1-15(2,3)20-14(18)16-12(17)8-10-9-6-4-5-7-11(9)19-13(10)16/h4-7,10,13H,8H2,1-3H3. The van der Waals surface area contributed by atoms with Crippen LogP contribution in [0.25, 0.3) is 0 Å². The van der Waals surface area contributed by atoms with Gasteiger partial charge < -0.3 is 9.47 Å². The monoisotopic (exact) mass is 275 g/mol. The van der Waals surface area contributed by atoms with Gasteiger partial charge in [0.2, 0.25) is 5.91 Å². The van der Waals surface area contributed by atoms with Crippen molar-refractivity contribution < 1.29 is 19.1 Å². The van der Waals surface area contributed by atoms with E-state index in [9.17, 15) is 9.59 Å². The maximum absolute atomic E-state index is 12.2. The highest BCUT2D eigenvalue weighted by atomic mass is 16.6. The Morgan fingerprint density at radius 1 is 1.35 bits per heavy atom. The van der Waals surface area contributed by atoms with Crippen molar-refractivity contribution in [1.82, 2.24) is 4.90 Å². The van der Waals surface area contributed by atoms with Gasteiger partial charge in [0.15, 0.2) is 6.23 Å². The van der Waals surface area contributed by atoms with E-state index in [4.69, 9.17) is 9.47 Å². The molecule has 0 bridgehead atoms. The molecule has 2 heterocycles. The first-order valence-electron chi connectivity index (χ1n) is 6.67. The van der Waals surface area contributed by atoms with Crippen LogP contribution in [0.5, 0.6) is 5.75 Å². The van der Waals surface area contributed by atoms with Gasteiger partial charge in [0.25, 0.3) is 0 Å². The number of para-hydroxylation sites is 1. The zero-order valence-electron chi connectivity index (χ0n) is 11.8. The summed E-state index contributed by atoms with van der Waals surface area (Å²) in [6.07, 6.45) is -0.932. The number of likely N-dealkylation sites (tertiary alicyclic amines) is 1. The van der Waals surface area contributed by atoms with Crippen LogP contribution >= 0.6 is 0 Å². The molecule has 20 heavy (non-hydrogen) atoms. The molecular formula is C15H17NO4. The van der Waals surface area contributed by atoms with Gasteiger partial charge in [-0.05, 0) is 26.8 Å². The predicted molar refractivity (Wildman–Crippen MR) is 71.3 cm³/mol. The molecule has 106 valence electrons. The van der Waals surface area contributed by atoms with Crippen molar-refractivity contribution in [1.29, 1.82) is 0 Å². The molecule has 1 aromatic carbocycles. The Balaban J connectivity index is 1.86. The minimum atomic E-state index is -0.638. The molecule has 0 aliphatic carbocycles. The summed E-state index contributed by atoms with van der Waals surface area (Å²) < 4.78 is 11.0. The Morgan fingerprint density at radius 3 is 2.75 bits per heavy atom. The molecule has 5 nitrogen and oxygen atoms in total. The van der Waals surface area contributed by atoms with Gasteiger partial charge in [0.1, 0.15) is 11.4 Å². The lowest BCUT2D eigenvalue weighted by molar-refractivity contribution is -0.130. The zero-order chi connectivity index (χ0) is 14.5. The van der Waals surface area contributed by atoms with Crippen molar-refractivity contribution in [2.45, 2.75) is 44.9 Å². The molecule has 2 aliphatic rings. The topological polar surface area (TPSA) is 55.8 Å². The van der Waals surface area contributed by atoms with Gasteiger partial charge in [-0.1, -0.05) is 18.2 Å². The third-order valence-corrected chi connectivity index (χ3v) is 3.42. The van der Waals surface area contributed by atoms with Gasteiger partial charge in [-0.25, -0.2) is 9.69 Å². The number of hydrogen-bond acceptors (Lipinski definition) is 4. The lowest BCUT2D eigenvalue weighted by Gasteiger charge is -2.26. The summed E-state index contributed by atoms with van der Waals surface area (Å²) in [6.45, 7) is 5.31. The van der Waals surface area contributed by atoms with Crippen LogP contribution in [0.4, 0.5) is 4.79 Å². The Bertz CT molecular complexity index is 575. The van der Waals surface area contributed by atoms with Crippen molar-refractivity contribution in [3.05, 3.63) is 29.8 Å². The first-order chi connectivity index (χ1) is 9.37. The summed E-state index contributed by atoms with van der Waals surface area (Å²) in [5, 5.41) is 0. The second-order valence-electron chi connectivity index (χ2n) is 6.10. The van der Waals surface area contributed by atoms with Gasteiger partial charge in [-0.15, -0.1) is 0 Å². The average Bonchev–Trinajstić information content (AvgIpc) is 2.81. The summed E-state index contributed by atoms with van der Waals surface area (Å²) in [6, 6.07) is 7.57. The van der Waals surface area contributed by atoms with Crippen LogP contribution in [-0.2, 0) is 9.53 Å². The molecule has 0 aromatic heterocycles. The summed E-state index contributed by atoms with van der Waals surface area (Å²) in [7, 11) is 0. The van der Waals surface area contributed by atoms with Crippen LogP contribution in [0.3, 0.4) is 0 Å². The van der Waals surface area contributed by atoms with E-state index in [0.29, 0.717) is 0 Å². The largest absolute Gasteiger partial charge is 0.469 e.